The number of carbonyl (C=O) groups is 4. The molecule has 4 rings (SSSR count). The highest BCUT2D eigenvalue weighted by molar-refractivity contribution is 9.10. The van der Waals surface area contributed by atoms with Crippen molar-refractivity contribution in [3.05, 3.63) is 124 Å². The Balaban J connectivity index is 1.42. The van der Waals surface area contributed by atoms with E-state index in [1.165, 1.54) is 30.0 Å². The molecule has 218 valence electrons. The van der Waals surface area contributed by atoms with Gasteiger partial charge in [0.2, 0.25) is 5.91 Å². The third kappa shape index (κ3) is 8.81. The highest BCUT2D eigenvalue weighted by Gasteiger charge is 2.18. The van der Waals surface area contributed by atoms with Crippen LogP contribution in [0.3, 0.4) is 0 Å². The fourth-order valence-corrected chi connectivity index (χ4v) is 4.90. The van der Waals surface area contributed by atoms with Crippen LogP contribution in [0.15, 0.2) is 112 Å². The molecule has 0 radical (unpaired) electrons. The first-order valence-electron chi connectivity index (χ1n) is 12.9. The minimum atomic E-state index is -1.31. The molecule has 0 spiro atoms. The van der Waals surface area contributed by atoms with Crippen LogP contribution < -0.4 is 16.0 Å². The predicted octanol–water partition coefficient (Wildman–Crippen LogP) is 6.38. The molecule has 4 aromatic rings. The van der Waals surface area contributed by atoms with Crippen LogP contribution in [0.2, 0.25) is 0 Å². The maximum Gasteiger partial charge on any atom is 0.339 e. The van der Waals surface area contributed by atoms with Crippen molar-refractivity contribution >= 4 is 68.8 Å². The van der Waals surface area contributed by atoms with E-state index in [4.69, 9.17) is 0 Å². The van der Waals surface area contributed by atoms with Gasteiger partial charge in [-0.1, -0.05) is 46.3 Å². The summed E-state index contributed by atoms with van der Waals surface area (Å²) < 4.78 is 0.876. The molecule has 0 fully saturated rings. The minimum Gasteiger partial charge on any atom is -0.507 e. The van der Waals surface area contributed by atoms with E-state index < -0.39 is 28.8 Å². The Morgan fingerprint density at radius 1 is 0.837 bits per heavy atom. The lowest BCUT2D eigenvalue weighted by molar-refractivity contribution is -0.115. The molecule has 1 atom stereocenters. The lowest BCUT2D eigenvalue weighted by atomic mass is 10.1. The fourth-order valence-electron chi connectivity index (χ4n) is 3.77. The van der Waals surface area contributed by atoms with Crippen molar-refractivity contribution in [2.24, 2.45) is 0 Å². The molecule has 43 heavy (non-hydrogen) atoms. The zero-order valence-electron chi connectivity index (χ0n) is 22.7. The third-order valence-electron chi connectivity index (χ3n) is 6.00. The zero-order chi connectivity index (χ0) is 30.9. The maximum absolute atomic E-state index is 13.2. The summed E-state index contributed by atoms with van der Waals surface area (Å²) in [5.74, 6) is -3.01. The van der Waals surface area contributed by atoms with Gasteiger partial charge in [-0.3, -0.25) is 14.4 Å². The van der Waals surface area contributed by atoms with E-state index in [1.807, 2.05) is 24.3 Å². The standard InChI is InChI=1S/C32H26BrN3O6S/c1-19(29(38)35-24-13-16-28(37)26(18-24)32(41)42)43-25-14-11-23(12-15-25)34-31(40)27(17-20-7-9-22(33)10-8-20)36-30(39)21-5-3-2-4-6-21/h2-19,37H,1H3,(H,34,40)(H,35,38)(H,36,39)(H,41,42)/b27-17-. The van der Waals surface area contributed by atoms with Crippen LogP contribution in [0.5, 0.6) is 5.75 Å². The van der Waals surface area contributed by atoms with Crippen LogP contribution in [0.1, 0.15) is 33.2 Å². The molecule has 3 amide bonds. The smallest absolute Gasteiger partial charge is 0.339 e. The van der Waals surface area contributed by atoms with E-state index in [0.29, 0.717) is 16.8 Å². The monoisotopic (exact) mass is 659 g/mol. The molecule has 0 bridgehead atoms. The normalized spacial score (nSPS) is 11.7. The highest BCUT2D eigenvalue weighted by atomic mass is 79.9. The zero-order valence-corrected chi connectivity index (χ0v) is 25.1. The number of anilines is 2. The molecule has 0 heterocycles. The van der Waals surface area contributed by atoms with E-state index in [1.54, 1.807) is 67.6 Å². The summed E-state index contributed by atoms with van der Waals surface area (Å²) >= 11 is 4.65. The molecule has 0 saturated carbocycles. The second kappa shape index (κ2) is 14.3. The summed E-state index contributed by atoms with van der Waals surface area (Å²) in [6.45, 7) is 1.70. The number of carbonyl (C=O) groups excluding carboxylic acids is 3. The molecule has 0 aliphatic carbocycles. The summed E-state index contributed by atoms with van der Waals surface area (Å²) in [6, 6.07) is 26.5. The van der Waals surface area contributed by atoms with Gasteiger partial charge in [-0.05, 0) is 85.3 Å². The number of aromatic hydroxyl groups is 1. The molecule has 9 nitrogen and oxygen atoms in total. The van der Waals surface area contributed by atoms with Crippen LogP contribution in [0.25, 0.3) is 6.08 Å². The van der Waals surface area contributed by atoms with Gasteiger partial charge in [0.1, 0.15) is 17.0 Å². The number of halogens is 1. The van der Waals surface area contributed by atoms with E-state index in [2.05, 4.69) is 31.9 Å². The van der Waals surface area contributed by atoms with Crippen LogP contribution in [0.4, 0.5) is 11.4 Å². The summed E-state index contributed by atoms with van der Waals surface area (Å²) in [5.41, 5.74) is 1.59. The Bertz CT molecular complexity index is 1680. The van der Waals surface area contributed by atoms with E-state index in [0.717, 1.165) is 9.37 Å². The van der Waals surface area contributed by atoms with E-state index in [9.17, 15) is 29.4 Å². The van der Waals surface area contributed by atoms with Gasteiger partial charge in [0, 0.05) is 26.3 Å². The molecule has 0 saturated heterocycles. The largest absolute Gasteiger partial charge is 0.507 e. The average Bonchev–Trinajstić information content (AvgIpc) is 3.00. The molecule has 5 N–H and O–H groups in total. The Labute approximate surface area is 260 Å². The molecular formula is C32H26BrN3O6S. The maximum atomic E-state index is 13.2. The van der Waals surface area contributed by atoms with Crippen molar-refractivity contribution in [2.45, 2.75) is 17.1 Å². The minimum absolute atomic E-state index is 0.0557. The summed E-state index contributed by atoms with van der Waals surface area (Å²) in [6.07, 6.45) is 1.58. The third-order valence-corrected chi connectivity index (χ3v) is 7.64. The first kappa shape index (κ1) is 31.1. The van der Waals surface area contributed by atoms with Crippen molar-refractivity contribution in [3.63, 3.8) is 0 Å². The predicted molar refractivity (Wildman–Crippen MR) is 170 cm³/mol. The van der Waals surface area contributed by atoms with E-state index in [-0.39, 0.29) is 22.9 Å². The van der Waals surface area contributed by atoms with Crippen molar-refractivity contribution in [1.82, 2.24) is 5.32 Å². The van der Waals surface area contributed by atoms with Gasteiger partial charge >= 0.3 is 5.97 Å². The molecule has 4 aromatic carbocycles. The molecule has 1 unspecified atom stereocenters. The van der Waals surface area contributed by atoms with Gasteiger partial charge in [0.25, 0.3) is 11.8 Å². The number of benzene rings is 4. The van der Waals surface area contributed by atoms with Crippen molar-refractivity contribution < 1.29 is 29.4 Å². The summed E-state index contributed by atoms with van der Waals surface area (Å²) in [5, 5.41) is 26.4. The van der Waals surface area contributed by atoms with Crippen molar-refractivity contribution in [3.8, 4) is 5.75 Å². The van der Waals surface area contributed by atoms with Gasteiger partial charge in [-0.25, -0.2) is 4.79 Å². The number of aromatic carboxylic acids is 1. The topological polar surface area (TPSA) is 145 Å². The summed E-state index contributed by atoms with van der Waals surface area (Å²) in [7, 11) is 0. The lowest BCUT2D eigenvalue weighted by Gasteiger charge is -2.14. The Kier molecular flexibility index (Phi) is 10.4. The lowest BCUT2D eigenvalue weighted by Crippen LogP contribution is -2.30. The van der Waals surface area contributed by atoms with Crippen LogP contribution in [-0.2, 0) is 9.59 Å². The molecule has 0 aromatic heterocycles. The van der Waals surface area contributed by atoms with Crippen molar-refractivity contribution in [2.75, 3.05) is 10.6 Å². The number of amides is 3. The first-order valence-corrected chi connectivity index (χ1v) is 14.5. The molecule has 0 aliphatic heterocycles. The Morgan fingerprint density at radius 2 is 1.49 bits per heavy atom. The van der Waals surface area contributed by atoms with Gasteiger partial charge < -0.3 is 26.2 Å². The van der Waals surface area contributed by atoms with Gasteiger partial charge in [0.15, 0.2) is 0 Å². The molecular weight excluding hydrogens is 634 g/mol. The van der Waals surface area contributed by atoms with Gasteiger partial charge in [-0.15, -0.1) is 11.8 Å². The van der Waals surface area contributed by atoms with Crippen LogP contribution >= 0.6 is 27.7 Å². The quantitative estimate of drug-likeness (QED) is 0.0754. The number of rotatable bonds is 10. The number of nitrogens with one attached hydrogen (secondary N) is 3. The number of carboxylic acid groups (broad SMARTS) is 1. The average molecular weight is 661 g/mol. The number of carboxylic acids is 1. The number of thioether (sulfide) groups is 1. The SMILES string of the molecule is CC(Sc1ccc(NC(=O)/C(=C/c2ccc(Br)cc2)NC(=O)c2ccccc2)cc1)C(=O)Nc1ccc(O)c(C(=O)O)c1. The first-order chi connectivity index (χ1) is 20.6. The fraction of sp³-hybridized carbons (Fsp3) is 0.0625. The van der Waals surface area contributed by atoms with Gasteiger partial charge in [0.05, 0.1) is 5.25 Å². The van der Waals surface area contributed by atoms with Crippen LogP contribution in [-0.4, -0.2) is 39.2 Å². The van der Waals surface area contributed by atoms with Gasteiger partial charge in [-0.2, -0.15) is 0 Å². The van der Waals surface area contributed by atoms with E-state index >= 15 is 0 Å². The molecule has 11 heteroatoms. The number of hydrogen-bond donors (Lipinski definition) is 5. The Morgan fingerprint density at radius 3 is 2.14 bits per heavy atom. The molecule has 0 aliphatic rings. The Hall–Kier alpha value is -4.87. The van der Waals surface area contributed by atoms with Crippen molar-refractivity contribution in [1.29, 1.82) is 0 Å². The number of phenols is 1. The number of hydrogen-bond acceptors (Lipinski definition) is 6. The highest BCUT2D eigenvalue weighted by Crippen LogP contribution is 2.27. The second-order valence-electron chi connectivity index (χ2n) is 9.19. The van der Waals surface area contributed by atoms with Crippen LogP contribution in [0, 0.1) is 0 Å². The summed E-state index contributed by atoms with van der Waals surface area (Å²) in [4.78, 5) is 50.8. The second-order valence-corrected chi connectivity index (χ2v) is 11.5.